The van der Waals surface area contributed by atoms with Crippen LogP contribution >= 0.6 is 0 Å². The van der Waals surface area contributed by atoms with Crippen LogP contribution in [0.15, 0.2) is 48.5 Å². The molecule has 4 aliphatic carbocycles. The van der Waals surface area contributed by atoms with Gasteiger partial charge in [0, 0.05) is 0 Å². The van der Waals surface area contributed by atoms with Crippen LogP contribution < -0.4 is 0 Å². The average molecular weight is 345 g/mol. The van der Waals surface area contributed by atoms with E-state index >= 15 is 0 Å². The van der Waals surface area contributed by atoms with E-state index in [1.54, 1.807) is 57.8 Å². The van der Waals surface area contributed by atoms with E-state index in [9.17, 15) is 0 Å². The first-order chi connectivity index (χ1) is 12.9. The molecule has 0 heteroatoms. The Morgan fingerprint density at radius 3 is 1.54 bits per heavy atom. The van der Waals surface area contributed by atoms with Gasteiger partial charge in [0.15, 0.2) is 0 Å². The summed E-state index contributed by atoms with van der Waals surface area (Å²) in [6, 6.07) is 17.3. The van der Waals surface area contributed by atoms with Crippen LogP contribution in [-0.4, -0.2) is 0 Å². The van der Waals surface area contributed by atoms with Gasteiger partial charge in [-0.1, -0.05) is 87.1 Å². The fourth-order valence-electron chi connectivity index (χ4n) is 6.65. The topological polar surface area (TPSA) is 0 Å². The highest BCUT2D eigenvalue weighted by Crippen LogP contribution is 2.53. The third-order valence-electron chi connectivity index (χ3n) is 7.80. The first-order valence-electron chi connectivity index (χ1n) is 11.1. The highest BCUT2D eigenvalue weighted by Gasteiger charge is 2.44. The minimum Gasteiger partial charge on any atom is -0.0619 e. The monoisotopic (exact) mass is 344 g/mol. The van der Waals surface area contributed by atoms with E-state index in [-0.39, 0.29) is 0 Å². The Labute approximate surface area is 159 Å². The minimum atomic E-state index is 1.10. The van der Waals surface area contributed by atoms with Crippen LogP contribution in [0.3, 0.4) is 0 Å². The number of benzene rings is 2. The van der Waals surface area contributed by atoms with Crippen molar-refractivity contribution < 1.29 is 0 Å². The average Bonchev–Trinajstić information content (AvgIpc) is 3.27. The highest BCUT2D eigenvalue weighted by molar-refractivity contribution is 5.76. The molecule has 3 saturated carbocycles. The number of hydrogen-bond donors (Lipinski definition) is 0. The molecular formula is C26H32. The molecule has 4 atom stereocenters. The van der Waals surface area contributed by atoms with E-state index in [2.05, 4.69) is 48.5 Å². The summed E-state index contributed by atoms with van der Waals surface area (Å²) in [5.41, 5.74) is 5.75. The Bertz CT molecular complexity index is 695. The molecule has 0 radical (unpaired) electrons. The van der Waals surface area contributed by atoms with Crippen molar-refractivity contribution in [1.82, 2.24) is 0 Å². The second kappa shape index (κ2) is 7.22. The fourth-order valence-corrected chi connectivity index (χ4v) is 6.65. The van der Waals surface area contributed by atoms with Crippen LogP contribution in [0.4, 0.5) is 0 Å². The molecule has 26 heavy (non-hydrogen) atoms. The number of rotatable bonds is 0. The zero-order valence-electron chi connectivity index (χ0n) is 16.0. The maximum atomic E-state index is 2.22. The molecule has 0 N–H and O–H groups in total. The van der Waals surface area contributed by atoms with Gasteiger partial charge < -0.3 is 0 Å². The third kappa shape index (κ3) is 3.02. The van der Waals surface area contributed by atoms with Gasteiger partial charge in [-0.2, -0.15) is 0 Å². The molecule has 136 valence electrons. The summed E-state index contributed by atoms with van der Waals surface area (Å²) in [7, 11) is 0. The van der Waals surface area contributed by atoms with Gasteiger partial charge in [-0.3, -0.25) is 0 Å². The normalized spacial score (nSPS) is 31.1. The fraction of sp³-hybridized carbons (Fsp3) is 0.538. The highest BCUT2D eigenvalue weighted by atomic mass is 14.5. The molecule has 6 rings (SSSR count). The Morgan fingerprint density at radius 2 is 1.00 bits per heavy atom. The lowest BCUT2D eigenvalue weighted by atomic mass is 9.73. The van der Waals surface area contributed by atoms with E-state index in [1.165, 1.54) is 45.9 Å². The molecule has 0 bridgehead atoms. The minimum absolute atomic E-state index is 1.10. The molecule has 0 amide bonds. The summed E-state index contributed by atoms with van der Waals surface area (Å²) in [6.07, 6.45) is 15.2. The second-order valence-electron chi connectivity index (χ2n) is 9.14. The molecular weight excluding hydrogens is 312 g/mol. The van der Waals surface area contributed by atoms with Crippen molar-refractivity contribution in [2.24, 2.45) is 23.7 Å². The zero-order valence-corrected chi connectivity index (χ0v) is 16.0. The molecule has 3 fully saturated rings. The Kier molecular flexibility index (Phi) is 4.61. The first-order valence-corrected chi connectivity index (χ1v) is 11.1. The van der Waals surface area contributed by atoms with E-state index in [0.29, 0.717) is 0 Å². The standard InChI is InChI=1S/C13H22.C13H10/c2*1-3-7-12-10(5-1)9-11-6-2-4-8-13(11)12/h10-13H,1-9H2;1-8H,9H2. The summed E-state index contributed by atoms with van der Waals surface area (Å²) >= 11 is 0. The maximum absolute atomic E-state index is 2.22. The molecule has 4 aliphatic rings. The van der Waals surface area contributed by atoms with Crippen LogP contribution in [0.5, 0.6) is 0 Å². The van der Waals surface area contributed by atoms with E-state index < -0.39 is 0 Å². The summed E-state index contributed by atoms with van der Waals surface area (Å²) in [4.78, 5) is 0. The molecule has 4 unspecified atom stereocenters. The lowest BCUT2D eigenvalue weighted by Gasteiger charge is -2.32. The summed E-state index contributed by atoms with van der Waals surface area (Å²) in [5, 5.41) is 0. The molecule has 0 saturated heterocycles. The van der Waals surface area contributed by atoms with Crippen LogP contribution in [0.25, 0.3) is 11.1 Å². The largest absolute Gasteiger partial charge is 0.0619 e. The van der Waals surface area contributed by atoms with Crippen LogP contribution in [0, 0.1) is 23.7 Å². The van der Waals surface area contributed by atoms with Crippen molar-refractivity contribution in [2.75, 3.05) is 0 Å². The van der Waals surface area contributed by atoms with E-state index in [4.69, 9.17) is 0 Å². The quantitative estimate of drug-likeness (QED) is 0.402. The SMILES string of the molecule is C1CCC2C(C1)CC1CCCCC12.c1ccc2c(c1)Cc1ccccc1-2. The van der Waals surface area contributed by atoms with Gasteiger partial charge in [-0.15, -0.1) is 0 Å². The smallest absolute Gasteiger partial charge is 0.00135 e. The zero-order chi connectivity index (χ0) is 17.3. The van der Waals surface area contributed by atoms with E-state index in [0.717, 1.165) is 6.42 Å². The van der Waals surface area contributed by atoms with Gasteiger partial charge in [0.1, 0.15) is 0 Å². The number of hydrogen-bond acceptors (Lipinski definition) is 0. The van der Waals surface area contributed by atoms with Crippen molar-refractivity contribution in [3.8, 4) is 11.1 Å². The van der Waals surface area contributed by atoms with Crippen LogP contribution in [0.1, 0.15) is 68.9 Å². The Hall–Kier alpha value is -1.56. The molecule has 0 nitrogen and oxygen atoms in total. The van der Waals surface area contributed by atoms with Gasteiger partial charge in [-0.25, -0.2) is 0 Å². The number of fused-ring (bicyclic) bond motifs is 6. The molecule has 0 heterocycles. The van der Waals surface area contributed by atoms with Crippen molar-refractivity contribution in [2.45, 2.75) is 64.2 Å². The summed E-state index contributed by atoms with van der Waals surface area (Å²) in [5.74, 6) is 4.70. The van der Waals surface area contributed by atoms with Crippen molar-refractivity contribution in [1.29, 1.82) is 0 Å². The molecule has 0 spiro atoms. The molecule has 0 aromatic heterocycles. The predicted octanol–water partition coefficient (Wildman–Crippen LogP) is 7.26. The van der Waals surface area contributed by atoms with Gasteiger partial charge in [0.25, 0.3) is 0 Å². The van der Waals surface area contributed by atoms with Crippen LogP contribution in [0.2, 0.25) is 0 Å². The second-order valence-corrected chi connectivity index (χ2v) is 9.14. The lowest BCUT2D eigenvalue weighted by Crippen LogP contribution is -2.22. The summed E-state index contributed by atoms with van der Waals surface area (Å²) < 4.78 is 0. The van der Waals surface area contributed by atoms with Gasteiger partial charge in [0.2, 0.25) is 0 Å². The third-order valence-corrected chi connectivity index (χ3v) is 7.80. The van der Waals surface area contributed by atoms with Gasteiger partial charge in [0.05, 0.1) is 0 Å². The maximum Gasteiger partial charge on any atom is -0.00135 e. The van der Waals surface area contributed by atoms with E-state index in [1.807, 2.05) is 0 Å². The predicted molar refractivity (Wildman–Crippen MR) is 110 cm³/mol. The Balaban J connectivity index is 0.000000115. The van der Waals surface area contributed by atoms with Crippen LogP contribution in [-0.2, 0) is 6.42 Å². The Morgan fingerprint density at radius 1 is 0.538 bits per heavy atom. The van der Waals surface area contributed by atoms with Crippen molar-refractivity contribution in [3.05, 3.63) is 59.7 Å². The van der Waals surface area contributed by atoms with Crippen molar-refractivity contribution >= 4 is 0 Å². The first kappa shape index (κ1) is 16.6. The molecule has 2 aromatic carbocycles. The van der Waals surface area contributed by atoms with Crippen molar-refractivity contribution in [3.63, 3.8) is 0 Å². The summed E-state index contributed by atoms with van der Waals surface area (Å²) in [6.45, 7) is 0. The lowest BCUT2D eigenvalue weighted by molar-refractivity contribution is 0.184. The molecule has 2 aromatic rings. The van der Waals surface area contributed by atoms with Gasteiger partial charge in [-0.05, 0) is 71.6 Å². The van der Waals surface area contributed by atoms with Gasteiger partial charge >= 0.3 is 0 Å². The molecule has 0 aliphatic heterocycles.